The van der Waals surface area contributed by atoms with Crippen molar-refractivity contribution in [2.45, 2.75) is 72.1 Å². The number of rotatable bonds is 8. The van der Waals surface area contributed by atoms with Gasteiger partial charge in [0, 0.05) is 51.6 Å². The largest absolute Gasteiger partial charge is 0.481 e. The number of carboxylic acid groups (broad SMARTS) is 3. The number of aliphatic carboxylic acids is 2. The lowest BCUT2D eigenvalue weighted by atomic mass is 9.85. The number of allylic oxidation sites excluding steroid dienone is 3. The van der Waals surface area contributed by atoms with E-state index < -0.39 is 30.2 Å². The zero-order chi connectivity index (χ0) is 32.0. The lowest BCUT2D eigenvalue weighted by molar-refractivity contribution is -0.138. The molecule has 5 N–H and O–H groups in total. The van der Waals surface area contributed by atoms with Gasteiger partial charge in [0.2, 0.25) is 0 Å². The zero-order valence-corrected chi connectivity index (χ0v) is 25.5. The van der Waals surface area contributed by atoms with Gasteiger partial charge < -0.3 is 25.3 Å². The van der Waals surface area contributed by atoms with Crippen molar-refractivity contribution in [1.82, 2.24) is 19.9 Å². The topological polar surface area (TPSA) is 169 Å². The van der Waals surface area contributed by atoms with E-state index >= 15 is 0 Å². The second-order valence-electron chi connectivity index (χ2n) is 11.5. The van der Waals surface area contributed by atoms with E-state index in [0.717, 1.165) is 45.4 Å². The number of carboxylic acids is 3. The minimum atomic E-state index is -1.20. The van der Waals surface area contributed by atoms with E-state index in [-0.39, 0.29) is 35.4 Å². The predicted molar refractivity (Wildman–Crippen MR) is 169 cm³/mol. The molecule has 2 aliphatic rings. The normalized spacial score (nSPS) is 16.3. The minimum absolute atomic E-state index is 0.0388. The highest BCUT2D eigenvalue weighted by Gasteiger charge is 2.33. The summed E-state index contributed by atoms with van der Waals surface area (Å²) in [4.78, 5) is 53.2. The molecule has 2 atom stereocenters. The van der Waals surface area contributed by atoms with Gasteiger partial charge >= 0.3 is 17.9 Å². The van der Waals surface area contributed by atoms with Gasteiger partial charge in [0.15, 0.2) is 0 Å². The summed E-state index contributed by atoms with van der Waals surface area (Å²) in [7, 11) is 0. The number of fused-ring (bicyclic) bond motifs is 8. The van der Waals surface area contributed by atoms with Crippen molar-refractivity contribution in [3.8, 4) is 0 Å². The highest BCUT2D eigenvalue weighted by Crippen LogP contribution is 2.43. The molecule has 44 heavy (non-hydrogen) atoms. The quantitative estimate of drug-likeness (QED) is 0.192. The molecule has 0 saturated carbocycles. The smallest absolute Gasteiger partial charge is 0.338 e. The molecule has 3 aromatic heterocycles. The number of hydrogen-bond acceptors (Lipinski definition) is 5. The number of carbonyl (C=O) groups is 3. The van der Waals surface area contributed by atoms with E-state index in [1.807, 2.05) is 45.9 Å². The molecule has 2 unspecified atom stereocenters. The van der Waals surface area contributed by atoms with Gasteiger partial charge in [-0.15, -0.1) is 0 Å². The number of aryl methyl sites for hydroxylation is 3. The van der Waals surface area contributed by atoms with Gasteiger partial charge in [0.05, 0.1) is 34.6 Å². The summed E-state index contributed by atoms with van der Waals surface area (Å²) in [5.74, 6) is -4.08. The standard InChI is InChI=1S/C34H36N4O6/c1-7-19-15(3)23-12-25-17(5)21(9-10-29(39)40)32(37-25)22(11-30(41)42)33-31(34(43)44)18(6)26(38-33)14-28-20(8-2)16(4)24(36-28)13-27(19)35-23/h7,12-14,17,21,36,38H,1,8-11H2,2-6H3,(H,39,40)(H,41,42)(H,43,44). The molecule has 0 aliphatic carbocycles. The Hall–Kier alpha value is -4.99. The summed E-state index contributed by atoms with van der Waals surface area (Å²) in [5, 5.41) is 29.9. The summed E-state index contributed by atoms with van der Waals surface area (Å²) in [6, 6.07) is 5.70. The van der Waals surface area contributed by atoms with Crippen LogP contribution in [0.3, 0.4) is 0 Å². The monoisotopic (exact) mass is 596 g/mol. The molecular weight excluding hydrogens is 560 g/mol. The van der Waals surface area contributed by atoms with Crippen LogP contribution < -0.4 is 0 Å². The molecule has 3 aromatic rings. The van der Waals surface area contributed by atoms with Crippen molar-refractivity contribution in [3.05, 3.63) is 81.4 Å². The number of nitrogens with zero attached hydrogens (tertiary/aromatic N) is 2. The molecule has 10 nitrogen and oxygen atoms in total. The van der Waals surface area contributed by atoms with Crippen LogP contribution >= 0.6 is 0 Å². The Morgan fingerprint density at radius 2 is 1.61 bits per heavy atom. The lowest BCUT2D eigenvalue weighted by Gasteiger charge is -2.17. The molecule has 228 valence electrons. The third-order valence-electron chi connectivity index (χ3n) is 8.95. The van der Waals surface area contributed by atoms with Gasteiger partial charge in [-0.05, 0) is 74.1 Å². The van der Waals surface area contributed by atoms with Crippen LogP contribution in [-0.4, -0.2) is 53.2 Å². The molecule has 5 heterocycles. The summed E-state index contributed by atoms with van der Waals surface area (Å²) < 4.78 is 0. The van der Waals surface area contributed by atoms with Crippen LogP contribution in [0.15, 0.2) is 30.9 Å². The van der Waals surface area contributed by atoms with Crippen LogP contribution in [0.1, 0.15) is 101 Å². The van der Waals surface area contributed by atoms with Crippen LogP contribution in [0, 0.1) is 13.8 Å². The average molecular weight is 597 g/mol. The van der Waals surface area contributed by atoms with Crippen LogP contribution in [0.25, 0.3) is 33.2 Å². The summed E-state index contributed by atoms with van der Waals surface area (Å²) in [6.45, 7) is 13.7. The van der Waals surface area contributed by atoms with E-state index in [2.05, 4.69) is 16.5 Å². The van der Waals surface area contributed by atoms with Crippen molar-refractivity contribution in [2.24, 2.45) is 0 Å². The second kappa shape index (κ2) is 11.6. The van der Waals surface area contributed by atoms with Gasteiger partial charge in [0.25, 0.3) is 0 Å². The number of nitrogens with one attached hydrogen (secondary N) is 2. The first-order chi connectivity index (χ1) is 20.9. The predicted octanol–water partition coefficient (Wildman–Crippen LogP) is 6.69. The fraction of sp³-hybridized carbons (Fsp3) is 0.324. The van der Waals surface area contributed by atoms with E-state index in [0.29, 0.717) is 28.2 Å². The Kier molecular flexibility index (Phi) is 8.03. The lowest BCUT2D eigenvalue weighted by Crippen LogP contribution is -2.11. The number of aromatic amines is 2. The summed E-state index contributed by atoms with van der Waals surface area (Å²) >= 11 is 0. The van der Waals surface area contributed by atoms with Gasteiger partial charge in [-0.25, -0.2) is 9.78 Å². The first-order valence-electron chi connectivity index (χ1n) is 14.6. The molecule has 10 heteroatoms. The molecule has 5 rings (SSSR count). The van der Waals surface area contributed by atoms with Crippen LogP contribution in [-0.2, 0) is 22.4 Å². The Morgan fingerprint density at radius 3 is 2.23 bits per heavy atom. The molecule has 0 fully saturated rings. The first-order valence-corrected chi connectivity index (χ1v) is 14.6. The Morgan fingerprint density at radius 1 is 0.909 bits per heavy atom. The molecule has 8 bridgehead atoms. The average Bonchev–Trinajstić information content (AvgIpc) is 3.63. The number of aromatic carboxylic acids is 1. The van der Waals surface area contributed by atoms with Gasteiger partial charge in [-0.1, -0.05) is 26.5 Å². The molecule has 2 aliphatic heterocycles. The fourth-order valence-corrected chi connectivity index (χ4v) is 6.53. The minimum Gasteiger partial charge on any atom is -0.481 e. The fourth-order valence-electron chi connectivity index (χ4n) is 6.53. The van der Waals surface area contributed by atoms with Crippen molar-refractivity contribution in [2.75, 3.05) is 0 Å². The molecular formula is C34H36N4O6. The Labute approximate surface area is 254 Å². The maximum atomic E-state index is 12.7. The van der Waals surface area contributed by atoms with Crippen molar-refractivity contribution >= 4 is 51.1 Å². The SMILES string of the molecule is C=CC1=C(C)c2cc3nc(c(CC(=O)O)c4[nH]c(cc5[nH]c(cc1n2)c(C)c5CC)c(C)c4C(=O)O)C(CCC(=O)O)C3C. The van der Waals surface area contributed by atoms with Crippen LogP contribution in [0.5, 0.6) is 0 Å². The van der Waals surface area contributed by atoms with Gasteiger partial charge in [0.1, 0.15) is 0 Å². The van der Waals surface area contributed by atoms with Crippen molar-refractivity contribution in [1.29, 1.82) is 0 Å². The first kappa shape index (κ1) is 30.5. The number of hydrogen-bond donors (Lipinski definition) is 5. The van der Waals surface area contributed by atoms with E-state index in [4.69, 9.17) is 9.97 Å². The van der Waals surface area contributed by atoms with Gasteiger partial charge in [-0.3, -0.25) is 14.6 Å². The van der Waals surface area contributed by atoms with E-state index in [9.17, 15) is 29.7 Å². The maximum Gasteiger partial charge on any atom is 0.338 e. The van der Waals surface area contributed by atoms with Gasteiger partial charge in [-0.2, -0.15) is 0 Å². The Balaban J connectivity index is 2.04. The van der Waals surface area contributed by atoms with Crippen molar-refractivity contribution in [3.63, 3.8) is 0 Å². The van der Waals surface area contributed by atoms with E-state index in [1.54, 1.807) is 13.0 Å². The summed E-state index contributed by atoms with van der Waals surface area (Å²) in [6.07, 6.45) is 2.04. The maximum absolute atomic E-state index is 12.7. The van der Waals surface area contributed by atoms with Crippen LogP contribution in [0.2, 0.25) is 0 Å². The third-order valence-corrected chi connectivity index (χ3v) is 8.95. The molecule has 0 radical (unpaired) electrons. The highest BCUT2D eigenvalue weighted by atomic mass is 16.4. The molecule has 0 amide bonds. The second-order valence-corrected chi connectivity index (χ2v) is 11.5. The van der Waals surface area contributed by atoms with E-state index in [1.165, 1.54) is 0 Å². The van der Waals surface area contributed by atoms with Crippen molar-refractivity contribution < 1.29 is 29.7 Å². The number of H-pyrrole nitrogens is 2. The zero-order valence-electron chi connectivity index (χ0n) is 25.5. The molecule has 0 spiro atoms. The molecule has 0 aromatic carbocycles. The number of aromatic nitrogens is 4. The highest BCUT2D eigenvalue weighted by molar-refractivity contribution is 6.02. The third kappa shape index (κ3) is 5.21. The summed E-state index contributed by atoms with van der Waals surface area (Å²) in [5.41, 5.74) is 9.27. The van der Waals surface area contributed by atoms with Crippen LogP contribution in [0.4, 0.5) is 0 Å². The molecule has 0 saturated heterocycles. The Bertz CT molecular complexity index is 1940.